The summed E-state index contributed by atoms with van der Waals surface area (Å²) in [6.45, 7) is 2.77. The number of methoxy groups -OCH3 is 1. The Bertz CT molecular complexity index is 1490. The Balaban J connectivity index is 1.67. The van der Waals surface area contributed by atoms with Crippen molar-refractivity contribution in [2.45, 2.75) is 20.1 Å². The van der Waals surface area contributed by atoms with E-state index in [4.69, 9.17) is 4.74 Å². The van der Waals surface area contributed by atoms with Crippen LogP contribution in [0.1, 0.15) is 16.8 Å². The molecule has 0 saturated carbocycles. The fourth-order valence-electron chi connectivity index (χ4n) is 3.92. The van der Waals surface area contributed by atoms with Gasteiger partial charge in [0.25, 0.3) is 5.56 Å². The number of hydrogen-bond donors (Lipinski definition) is 0. The van der Waals surface area contributed by atoms with Crippen LogP contribution in [0.25, 0.3) is 27.7 Å². The van der Waals surface area contributed by atoms with E-state index in [1.807, 2.05) is 37.3 Å². The first-order valence-electron chi connectivity index (χ1n) is 10.3. The predicted octanol–water partition coefficient (Wildman–Crippen LogP) is 4.35. The maximum absolute atomic E-state index is 13.5. The molecule has 0 saturated heterocycles. The second kappa shape index (κ2) is 8.01. The topological polar surface area (TPSA) is 61.4 Å². The minimum Gasteiger partial charge on any atom is -0.378 e. The van der Waals surface area contributed by atoms with Gasteiger partial charge in [0.2, 0.25) is 0 Å². The molecule has 0 N–H and O–H groups in total. The fraction of sp³-hybridized carbons (Fsp3) is 0.160. The van der Waals surface area contributed by atoms with Crippen molar-refractivity contribution < 1.29 is 9.13 Å². The van der Waals surface area contributed by atoms with Gasteiger partial charge in [0.05, 0.1) is 35.3 Å². The van der Waals surface area contributed by atoms with Crippen molar-refractivity contribution in [3.05, 3.63) is 100.0 Å². The molecule has 0 fully saturated rings. The second-order valence-corrected chi connectivity index (χ2v) is 7.79. The maximum atomic E-state index is 13.5. The van der Waals surface area contributed by atoms with Crippen molar-refractivity contribution in [3.63, 3.8) is 0 Å². The first-order chi connectivity index (χ1) is 15.5. The molecule has 5 aromatic rings. The molecule has 7 heteroatoms. The highest BCUT2D eigenvalue weighted by Crippen LogP contribution is 2.29. The van der Waals surface area contributed by atoms with E-state index in [0.717, 1.165) is 16.7 Å². The molecule has 3 heterocycles. The molecule has 0 unspecified atom stereocenters. The molecule has 6 nitrogen and oxygen atoms in total. The van der Waals surface area contributed by atoms with Gasteiger partial charge >= 0.3 is 0 Å². The predicted molar refractivity (Wildman–Crippen MR) is 121 cm³/mol. The lowest BCUT2D eigenvalue weighted by Crippen LogP contribution is -2.21. The number of rotatable bonds is 5. The van der Waals surface area contributed by atoms with E-state index in [2.05, 4.69) is 10.1 Å². The minimum atomic E-state index is -0.314. The number of aryl methyl sites for hydroxylation is 1. The first-order valence-corrected chi connectivity index (χ1v) is 10.3. The van der Waals surface area contributed by atoms with Gasteiger partial charge in [0.15, 0.2) is 5.65 Å². The highest BCUT2D eigenvalue weighted by Gasteiger charge is 2.18. The van der Waals surface area contributed by atoms with Gasteiger partial charge in [-0.05, 0) is 36.2 Å². The van der Waals surface area contributed by atoms with Crippen molar-refractivity contribution in [1.82, 2.24) is 19.2 Å². The van der Waals surface area contributed by atoms with Crippen LogP contribution in [0.3, 0.4) is 0 Å². The summed E-state index contributed by atoms with van der Waals surface area (Å²) in [7, 11) is 1.59. The summed E-state index contributed by atoms with van der Waals surface area (Å²) < 4.78 is 22.1. The monoisotopic (exact) mass is 428 g/mol. The number of pyridine rings is 1. The van der Waals surface area contributed by atoms with Gasteiger partial charge in [0, 0.05) is 19.5 Å². The van der Waals surface area contributed by atoms with Gasteiger partial charge in [-0.25, -0.2) is 13.9 Å². The molecule has 0 spiro atoms. The summed E-state index contributed by atoms with van der Waals surface area (Å²) in [5.74, 6) is -0.314. The molecule has 2 aromatic carbocycles. The third-order valence-electron chi connectivity index (χ3n) is 5.54. The summed E-state index contributed by atoms with van der Waals surface area (Å²) in [5, 5.41) is 5.16. The van der Waals surface area contributed by atoms with Gasteiger partial charge in [0.1, 0.15) is 5.82 Å². The van der Waals surface area contributed by atoms with E-state index in [9.17, 15) is 9.18 Å². The van der Waals surface area contributed by atoms with Crippen molar-refractivity contribution in [3.8, 4) is 11.1 Å². The van der Waals surface area contributed by atoms with Crippen LogP contribution in [0.5, 0.6) is 0 Å². The fourth-order valence-corrected chi connectivity index (χ4v) is 3.92. The number of ether oxygens (including phenoxy) is 1. The average Bonchev–Trinajstić information content (AvgIpc) is 3.16. The minimum absolute atomic E-state index is 0.135. The molecule has 0 atom stereocenters. The Kier molecular flexibility index (Phi) is 5.03. The SMILES string of the molecule is COCc1nn2c(ncc3c(=O)n(Cc4ccc(C)cc4)ccc32)c1-c1ccc(F)cc1. The molecule has 0 aliphatic carbocycles. The molecule has 0 amide bonds. The van der Waals surface area contributed by atoms with Crippen LogP contribution in [0, 0.1) is 12.7 Å². The van der Waals surface area contributed by atoms with Crippen LogP contribution in [-0.4, -0.2) is 26.3 Å². The van der Waals surface area contributed by atoms with E-state index in [-0.39, 0.29) is 18.0 Å². The highest BCUT2D eigenvalue weighted by atomic mass is 19.1. The van der Waals surface area contributed by atoms with Crippen molar-refractivity contribution >= 4 is 16.6 Å². The molecule has 32 heavy (non-hydrogen) atoms. The zero-order valence-electron chi connectivity index (χ0n) is 17.7. The van der Waals surface area contributed by atoms with Crippen LogP contribution in [0.2, 0.25) is 0 Å². The smallest absolute Gasteiger partial charge is 0.261 e. The standard InChI is InChI=1S/C25H21FN4O2/c1-16-3-5-17(6-4-16)14-29-12-11-22-20(25(29)31)13-27-24-23(18-7-9-19(26)10-8-18)21(15-32-2)28-30(22)24/h3-13H,14-15H2,1-2H3. The molecule has 3 aromatic heterocycles. The summed E-state index contributed by atoms with van der Waals surface area (Å²) in [5.41, 5.74) is 5.55. The zero-order chi connectivity index (χ0) is 22.2. The van der Waals surface area contributed by atoms with Gasteiger partial charge in [-0.3, -0.25) is 4.79 Å². The number of hydrogen-bond acceptors (Lipinski definition) is 4. The van der Waals surface area contributed by atoms with Gasteiger partial charge in [-0.1, -0.05) is 42.0 Å². The summed E-state index contributed by atoms with van der Waals surface area (Å²) in [6, 6.07) is 16.2. The van der Waals surface area contributed by atoms with Crippen LogP contribution < -0.4 is 5.56 Å². The summed E-state index contributed by atoms with van der Waals surface area (Å²) >= 11 is 0. The number of nitrogens with zero attached hydrogens (tertiary/aromatic N) is 4. The molecule has 0 aliphatic heterocycles. The lowest BCUT2D eigenvalue weighted by atomic mass is 10.1. The Morgan fingerprint density at radius 3 is 2.50 bits per heavy atom. The van der Waals surface area contributed by atoms with Crippen molar-refractivity contribution in [2.75, 3.05) is 7.11 Å². The lowest BCUT2D eigenvalue weighted by Gasteiger charge is -2.09. The molecular weight excluding hydrogens is 407 g/mol. The Hall–Kier alpha value is -3.84. The number of halogens is 1. The molecular formula is C25H21FN4O2. The lowest BCUT2D eigenvalue weighted by molar-refractivity contribution is 0.181. The summed E-state index contributed by atoms with van der Waals surface area (Å²) in [4.78, 5) is 17.8. The third kappa shape index (κ3) is 3.46. The van der Waals surface area contributed by atoms with E-state index < -0.39 is 0 Å². The van der Waals surface area contributed by atoms with Crippen LogP contribution in [0.15, 0.2) is 71.8 Å². The third-order valence-corrected chi connectivity index (χ3v) is 5.54. The Morgan fingerprint density at radius 2 is 1.78 bits per heavy atom. The van der Waals surface area contributed by atoms with Gasteiger partial charge in [-0.2, -0.15) is 5.10 Å². The largest absolute Gasteiger partial charge is 0.378 e. The van der Waals surface area contributed by atoms with Gasteiger partial charge in [-0.15, -0.1) is 0 Å². The van der Waals surface area contributed by atoms with E-state index in [1.54, 1.807) is 40.7 Å². The Labute approximate surface area is 183 Å². The number of aromatic nitrogens is 4. The quantitative estimate of drug-likeness (QED) is 0.418. The second-order valence-electron chi connectivity index (χ2n) is 7.79. The molecule has 160 valence electrons. The van der Waals surface area contributed by atoms with Gasteiger partial charge < -0.3 is 9.30 Å². The maximum Gasteiger partial charge on any atom is 0.261 e. The Morgan fingerprint density at radius 1 is 1.03 bits per heavy atom. The highest BCUT2D eigenvalue weighted by molar-refractivity contribution is 5.86. The van der Waals surface area contributed by atoms with Crippen molar-refractivity contribution in [2.24, 2.45) is 0 Å². The van der Waals surface area contributed by atoms with E-state index >= 15 is 0 Å². The normalized spacial score (nSPS) is 11.5. The van der Waals surface area contributed by atoms with Crippen LogP contribution in [-0.2, 0) is 17.9 Å². The molecule has 0 bridgehead atoms. The zero-order valence-corrected chi connectivity index (χ0v) is 17.7. The molecule has 5 rings (SSSR count). The number of fused-ring (bicyclic) bond motifs is 3. The molecule has 0 radical (unpaired) electrons. The van der Waals surface area contributed by atoms with Crippen LogP contribution in [0.4, 0.5) is 4.39 Å². The van der Waals surface area contributed by atoms with E-state index in [0.29, 0.717) is 28.8 Å². The first kappa shape index (κ1) is 20.1. The van der Waals surface area contributed by atoms with E-state index in [1.165, 1.54) is 17.7 Å². The molecule has 0 aliphatic rings. The summed E-state index contributed by atoms with van der Waals surface area (Å²) in [6.07, 6.45) is 3.36. The average molecular weight is 428 g/mol. The number of benzene rings is 2. The van der Waals surface area contributed by atoms with Crippen molar-refractivity contribution in [1.29, 1.82) is 0 Å². The van der Waals surface area contributed by atoms with Crippen LogP contribution >= 0.6 is 0 Å².